The average Bonchev–Trinajstić information content (AvgIpc) is 2.73. The lowest BCUT2D eigenvalue weighted by Crippen LogP contribution is -2.30. The fourth-order valence-electron chi connectivity index (χ4n) is 2.78. The Morgan fingerprint density at radius 1 is 1.09 bits per heavy atom. The van der Waals surface area contributed by atoms with Crippen molar-refractivity contribution in [2.45, 2.75) is 19.4 Å². The number of hydrogen-bond donors (Lipinski definition) is 6. The van der Waals surface area contributed by atoms with E-state index in [1.54, 1.807) is 24.3 Å². The number of nitrogens with one attached hydrogen (secondary N) is 3. The number of hydrogen-bond acceptors (Lipinski definition) is 9. The number of nitrogens with two attached hydrogens (primary N) is 1. The molecule has 0 aliphatic rings. The molecule has 3 aromatic rings. The largest absolute Gasteiger partial charge is 0.481 e. The van der Waals surface area contributed by atoms with E-state index in [9.17, 15) is 19.2 Å². The summed E-state index contributed by atoms with van der Waals surface area (Å²) in [4.78, 5) is 60.5. The van der Waals surface area contributed by atoms with Crippen LogP contribution in [-0.4, -0.2) is 48.0 Å². The third-order valence-corrected chi connectivity index (χ3v) is 4.37. The Labute approximate surface area is 179 Å². The number of anilines is 3. The zero-order valence-electron chi connectivity index (χ0n) is 16.5. The van der Waals surface area contributed by atoms with Crippen LogP contribution in [0.1, 0.15) is 18.5 Å². The normalized spacial score (nSPS) is 11.6. The third kappa shape index (κ3) is 5.53. The summed E-state index contributed by atoms with van der Waals surface area (Å²) in [5.74, 6) is -4.89. The molecule has 1 amide bonds. The standard InChI is InChI=1S/C19H19N7O6/c20-19-25-15-14(17(30)26-19)23-11(8-22-15)7-21-9-1-3-10(4-2-9)24-16(29)12(18(31)32)5-6-13(27)28/h1-4,8,12,21H,5-7H2,(H,24,29)(H,27,28)(H,31,32)(H3,20,22,25,26,30)/t12-/m0/s1. The van der Waals surface area contributed by atoms with E-state index < -0.39 is 35.7 Å². The van der Waals surface area contributed by atoms with Crippen molar-refractivity contribution in [3.05, 3.63) is 46.5 Å². The van der Waals surface area contributed by atoms with Gasteiger partial charge in [-0.1, -0.05) is 0 Å². The maximum absolute atomic E-state index is 12.2. The van der Waals surface area contributed by atoms with Crippen LogP contribution >= 0.6 is 0 Å². The predicted octanol–water partition coefficient (Wildman–Crippen LogP) is 0.411. The van der Waals surface area contributed by atoms with Crippen molar-refractivity contribution in [2.75, 3.05) is 16.4 Å². The molecular weight excluding hydrogens is 422 g/mol. The summed E-state index contributed by atoms with van der Waals surface area (Å²) in [5.41, 5.74) is 6.67. The third-order valence-electron chi connectivity index (χ3n) is 4.37. The van der Waals surface area contributed by atoms with Gasteiger partial charge in [0.2, 0.25) is 11.9 Å². The zero-order chi connectivity index (χ0) is 23.3. The highest BCUT2D eigenvalue weighted by Gasteiger charge is 2.26. The van der Waals surface area contributed by atoms with E-state index in [4.69, 9.17) is 15.9 Å². The number of aromatic nitrogens is 4. The average molecular weight is 441 g/mol. The van der Waals surface area contributed by atoms with Crippen molar-refractivity contribution < 1.29 is 24.6 Å². The molecule has 0 aliphatic heterocycles. The van der Waals surface area contributed by atoms with Gasteiger partial charge in [0.15, 0.2) is 11.2 Å². The van der Waals surface area contributed by atoms with Gasteiger partial charge < -0.3 is 26.6 Å². The van der Waals surface area contributed by atoms with Gasteiger partial charge in [-0.2, -0.15) is 4.98 Å². The summed E-state index contributed by atoms with van der Waals surface area (Å²) in [6.07, 6.45) is 0.715. The number of nitrogen functional groups attached to an aromatic ring is 1. The number of nitrogens with zero attached hydrogens (tertiary/aromatic N) is 3. The highest BCUT2D eigenvalue weighted by molar-refractivity contribution is 6.04. The number of benzene rings is 1. The predicted molar refractivity (Wildman–Crippen MR) is 113 cm³/mol. The lowest BCUT2D eigenvalue weighted by molar-refractivity contribution is -0.146. The van der Waals surface area contributed by atoms with Gasteiger partial charge in [-0.15, -0.1) is 0 Å². The van der Waals surface area contributed by atoms with Crippen LogP contribution in [-0.2, 0) is 20.9 Å². The van der Waals surface area contributed by atoms with E-state index in [0.29, 0.717) is 17.1 Å². The van der Waals surface area contributed by atoms with Crippen LogP contribution in [0.4, 0.5) is 17.3 Å². The first kappa shape index (κ1) is 22.1. The number of rotatable bonds is 9. The van der Waals surface area contributed by atoms with Crippen LogP contribution in [0.25, 0.3) is 11.2 Å². The molecule has 7 N–H and O–H groups in total. The number of carboxylic acids is 2. The fourth-order valence-corrected chi connectivity index (χ4v) is 2.78. The lowest BCUT2D eigenvalue weighted by Gasteiger charge is -2.12. The second-order valence-corrected chi connectivity index (χ2v) is 6.73. The summed E-state index contributed by atoms with van der Waals surface area (Å²) in [6, 6.07) is 6.40. The van der Waals surface area contributed by atoms with E-state index in [-0.39, 0.29) is 30.1 Å². The van der Waals surface area contributed by atoms with Crippen molar-refractivity contribution in [3.63, 3.8) is 0 Å². The van der Waals surface area contributed by atoms with E-state index in [1.807, 2.05) is 0 Å². The molecule has 0 bridgehead atoms. The van der Waals surface area contributed by atoms with Crippen molar-refractivity contribution in [1.29, 1.82) is 0 Å². The van der Waals surface area contributed by atoms with Crippen LogP contribution < -0.4 is 21.9 Å². The second kappa shape index (κ2) is 9.51. The van der Waals surface area contributed by atoms with E-state index in [1.165, 1.54) is 6.20 Å². The minimum Gasteiger partial charge on any atom is -0.481 e. The first-order valence-corrected chi connectivity index (χ1v) is 9.33. The van der Waals surface area contributed by atoms with Gasteiger partial charge in [0.1, 0.15) is 5.92 Å². The molecule has 2 heterocycles. The molecule has 13 nitrogen and oxygen atoms in total. The van der Waals surface area contributed by atoms with Gasteiger partial charge in [0, 0.05) is 17.8 Å². The Hall–Kier alpha value is -4.55. The molecule has 1 aromatic carbocycles. The van der Waals surface area contributed by atoms with Crippen molar-refractivity contribution in [2.24, 2.45) is 5.92 Å². The second-order valence-electron chi connectivity index (χ2n) is 6.73. The Bertz CT molecular complexity index is 1230. The van der Waals surface area contributed by atoms with Crippen LogP contribution in [0.5, 0.6) is 0 Å². The molecule has 0 unspecified atom stereocenters. The molecule has 0 saturated carbocycles. The molecule has 32 heavy (non-hydrogen) atoms. The van der Waals surface area contributed by atoms with Crippen LogP contribution in [0.2, 0.25) is 0 Å². The Kier molecular flexibility index (Phi) is 6.58. The van der Waals surface area contributed by atoms with E-state index in [2.05, 4.69) is 30.6 Å². The molecule has 0 spiro atoms. The van der Waals surface area contributed by atoms with E-state index in [0.717, 1.165) is 0 Å². The SMILES string of the molecule is Nc1nc2ncc(CNc3ccc(NC(=O)[C@H](CCC(=O)O)C(=O)O)cc3)nc2c(=O)[nH]1. The van der Waals surface area contributed by atoms with Gasteiger partial charge in [0.05, 0.1) is 18.4 Å². The number of H-pyrrole nitrogens is 1. The molecule has 3 rings (SSSR count). The van der Waals surface area contributed by atoms with Gasteiger partial charge >= 0.3 is 11.9 Å². The maximum Gasteiger partial charge on any atom is 0.316 e. The number of carbonyl (C=O) groups excluding carboxylic acids is 1. The number of carboxylic acid groups (broad SMARTS) is 2. The molecule has 2 aromatic heterocycles. The Balaban J connectivity index is 1.61. The molecule has 0 aliphatic carbocycles. The summed E-state index contributed by atoms with van der Waals surface area (Å²) < 4.78 is 0. The van der Waals surface area contributed by atoms with Gasteiger partial charge in [-0.05, 0) is 30.7 Å². The van der Waals surface area contributed by atoms with Crippen molar-refractivity contribution >= 4 is 46.3 Å². The van der Waals surface area contributed by atoms with Gasteiger partial charge in [0.25, 0.3) is 5.56 Å². The summed E-state index contributed by atoms with van der Waals surface area (Å²) in [6.45, 7) is 0.245. The molecular formula is C19H19N7O6. The number of aromatic amines is 1. The molecule has 1 atom stereocenters. The number of fused-ring (bicyclic) bond motifs is 1. The molecule has 13 heteroatoms. The van der Waals surface area contributed by atoms with Gasteiger partial charge in [-0.25, -0.2) is 9.97 Å². The summed E-state index contributed by atoms with van der Waals surface area (Å²) in [5, 5.41) is 23.4. The van der Waals surface area contributed by atoms with Crippen molar-refractivity contribution in [3.8, 4) is 0 Å². The van der Waals surface area contributed by atoms with Crippen LogP contribution in [0, 0.1) is 5.92 Å². The van der Waals surface area contributed by atoms with Crippen LogP contribution in [0.15, 0.2) is 35.3 Å². The minimum atomic E-state index is -1.47. The summed E-state index contributed by atoms with van der Waals surface area (Å²) in [7, 11) is 0. The molecule has 166 valence electrons. The molecule has 0 fully saturated rings. The quantitative estimate of drug-likeness (QED) is 0.250. The Morgan fingerprint density at radius 3 is 2.44 bits per heavy atom. The number of carbonyl (C=O) groups is 3. The maximum atomic E-state index is 12.2. The Morgan fingerprint density at radius 2 is 1.78 bits per heavy atom. The summed E-state index contributed by atoms with van der Waals surface area (Å²) >= 11 is 0. The van der Waals surface area contributed by atoms with Crippen molar-refractivity contribution in [1.82, 2.24) is 19.9 Å². The zero-order valence-corrected chi connectivity index (χ0v) is 16.5. The minimum absolute atomic E-state index is 0.0496. The first-order chi connectivity index (χ1) is 15.2. The van der Waals surface area contributed by atoms with Crippen LogP contribution in [0.3, 0.4) is 0 Å². The van der Waals surface area contributed by atoms with Gasteiger partial charge in [-0.3, -0.25) is 24.2 Å². The van der Waals surface area contributed by atoms with E-state index >= 15 is 0 Å². The number of aliphatic carboxylic acids is 2. The first-order valence-electron chi connectivity index (χ1n) is 9.33. The topological polar surface area (TPSA) is 213 Å². The smallest absolute Gasteiger partial charge is 0.316 e. The monoisotopic (exact) mass is 441 g/mol. The highest BCUT2D eigenvalue weighted by atomic mass is 16.4. The lowest BCUT2D eigenvalue weighted by atomic mass is 10.0. The highest BCUT2D eigenvalue weighted by Crippen LogP contribution is 2.17. The number of amides is 1. The molecule has 0 saturated heterocycles. The fraction of sp³-hybridized carbons (Fsp3) is 0.211. The molecule has 0 radical (unpaired) electrons.